The highest BCUT2D eigenvalue weighted by Gasteiger charge is 2.14. The van der Waals surface area contributed by atoms with Crippen molar-refractivity contribution in [1.29, 1.82) is 0 Å². The van der Waals surface area contributed by atoms with Crippen molar-refractivity contribution >= 4 is 0 Å². The molecule has 2 nitrogen and oxygen atoms in total. The van der Waals surface area contributed by atoms with Crippen molar-refractivity contribution in [3.05, 3.63) is 35.4 Å². The van der Waals surface area contributed by atoms with E-state index in [0.717, 1.165) is 6.54 Å². The van der Waals surface area contributed by atoms with Gasteiger partial charge in [0.1, 0.15) is 0 Å². The summed E-state index contributed by atoms with van der Waals surface area (Å²) in [6.07, 6.45) is 0. The lowest BCUT2D eigenvalue weighted by atomic mass is 9.87. The molecular weight excluding hydrogens is 222 g/mol. The Morgan fingerprint density at radius 3 is 2.06 bits per heavy atom. The lowest BCUT2D eigenvalue weighted by Gasteiger charge is -2.21. The van der Waals surface area contributed by atoms with E-state index in [9.17, 15) is 5.11 Å². The van der Waals surface area contributed by atoms with E-state index in [1.54, 1.807) is 0 Å². The molecule has 0 bridgehead atoms. The third-order valence-electron chi connectivity index (χ3n) is 3.39. The predicted octanol–water partition coefficient (Wildman–Crippen LogP) is 3.09. The smallest absolute Gasteiger partial charge is 0.0587 e. The van der Waals surface area contributed by atoms with E-state index in [4.69, 9.17) is 0 Å². The van der Waals surface area contributed by atoms with Gasteiger partial charge in [-0.15, -0.1) is 0 Å². The van der Waals surface area contributed by atoms with E-state index in [2.05, 4.69) is 64.2 Å². The van der Waals surface area contributed by atoms with Gasteiger partial charge in [-0.05, 0) is 22.5 Å². The lowest BCUT2D eigenvalue weighted by molar-refractivity contribution is 0.210. The van der Waals surface area contributed by atoms with Gasteiger partial charge in [0.05, 0.1) is 6.61 Å². The Hall–Kier alpha value is -0.860. The number of benzene rings is 1. The number of hydrogen-bond donors (Lipinski definition) is 2. The summed E-state index contributed by atoms with van der Waals surface area (Å²) in [7, 11) is 0. The van der Waals surface area contributed by atoms with Gasteiger partial charge in [-0.3, -0.25) is 0 Å². The van der Waals surface area contributed by atoms with Crippen molar-refractivity contribution in [3.63, 3.8) is 0 Å². The molecule has 1 atom stereocenters. The van der Waals surface area contributed by atoms with E-state index in [1.165, 1.54) is 11.1 Å². The van der Waals surface area contributed by atoms with Gasteiger partial charge in [-0.25, -0.2) is 0 Å². The van der Waals surface area contributed by atoms with E-state index in [0.29, 0.717) is 5.92 Å². The molecule has 0 spiro atoms. The molecule has 0 amide bonds. The number of nitrogens with one attached hydrogen (secondary N) is 1. The van der Waals surface area contributed by atoms with Gasteiger partial charge in [0.15, 0.2) is 0 Å². The highest BCUT2D eigenvalue weighted by Crippen LogP contribution is 2.22. The Balaban J connectivity index is 2.59. The van der Waals surface area contributed by atoms with Crippen LogP contribution in [0.2, 0.25) is 0 Å². The third-order valence-corrected chi connectivity index (χ3v) is 3.39. The summed E-state index contributed by atoms with van der Waals surface area (Å²) in [5.74, 6) is 0.448. The SMILES string of the molecule is CC(C)[C@@H](CO)NCc1ccc(C(C)(C)C)cc1. The fourth-order valence-corrected chi connectivity index (χ4v) is 1.88. The Morgan fingerprint density at radius 2 is 1.67 bits per heavy atom. The van der Waals surface area contributed by atoms with Crippen molar-refractivity contribution in [2.75, 3.05) is 6.61 Å². The molecule has 0 aromatic heterocycles. The molecule has 0 unspecified atom stereocenters. The molecule has 1 aromatic rings. The van der Waals surface area contributed by atoms with Crippen molar-refractivity contribution in [3.8, 4) is 0 Å². The molecule has 102 valence electrons. The first-order chi connectivity index (χ1) is 8.34. The van der Waals surface area contributed by atoms with Gasteiger partial charge in [0, 0.05) is 12.6 Å². The zero-order valence-electron chi connectivity index (χ0n) is 12.3. The maximum absolute atomic E-state index is 9.26. The molecule has 1 aromatic carbocycles. The van der Waals surface area contributed by atoms with Gasteiger partial charge in [-0.1, -0.05) is 58.9 Å². The van der Waals surface area contributed by atoms with Gasteiger partial charge >= 0.3 is 0 Å². The Labute approximate surface area is 111 Å². The van der Waals surface area contributed by atoms with Crippen LogP contribution in [0.15, 0.2) is 24.3 Å². The number of aliphatic hydroxyl groups excluding tert-OH is 1. The quantitative estimate of drug-likeness (QED) is 0.840. The normalized spacial score (nSPS) is 13.9. The zero-order chi connectivity index (χ0) is 13.8. The maximum atomic E-state index is 9.26. The van der Waals surface area contributed by atoms with Crippen molar-refractivity contribution in [2.24, 2.45) is 5.92 Å². The number of hydrogen-bond acceptors (Lipinski definition) is 2. The second kappa shape index (κ2) is 6.35. The fraction of sp³-hybridized carbons (Fsp3) is 0.625. The van der Waals surface area contributed by atoms with Crippen LogP contribution in [-0.4, -0.2) is 17.8 Å². The van der Waals surface area contributed by atoms with Gasteiger partial charge in [-0.2, -0.15) is 0 Å². The van der Waals surface area contributed by atoms with Crippen LogP contribution < -0.4 is 5.32 Å². The molecule has 1 rings (SSSR count). The minimum atomic E-state index is 0.173. The van der Waals surface area contributed by atoms with Crippen LogP contribution in [0.1, 0.15) is 45.7 Å². The molecule has 2 N–H and O–H groups in total. The molecule has 18 heavy (non-hydrogen) atoms. The van der Waals surface area contributed by atoms with Crippen LogP contribution in [0, 0.1) is 5.92 Å². The summed E-state index contributed by atoms with van der Waals surface area (Å²) in [5.41, 5.74) is 2.83. The van der Waals surface area contributed by atoms with Gasteiger partial charge in [0.25, 0.3) is 0 Å². The molecule has 2 heteroatoms. The molecule has 0 heterocycles. The minimum Gasteiger partial charge on any atom is -0.395 e. The summed E-state index contributed by atoms with van der Waals surface area (Å²) in [5, 5.41) is 12.7. The first-order valence-electron chi connectivity index (χ1n) is 6.78. The van der Waals surface area contributed by atoms with E-state index in [1.807, 2.05) is 0 Å². The maximum Gasteiger partial charge on any atom is 0.0587 e. The van der Waals surface area contributed by atoms with Gasteiger partial charge in [0.2, 0.25) is 0 Å². The molecular formula is C16H27NO. The molecule has 0 saturated carbocycles. The first-order valence-corrected chi connectivity index (χ1v) is 6.78. The van der Waals surface area contributed by atoms with Crippen LogP contribution in [0.4, 0.5) is 0 Å². The largest absolute Gasteiger partial charge is 0.395 e. The van der Waals surface area contributed by atoms with E-state index in [-0.39, 0.29) is 18.1 Å². The summed E-state index contributed by atoms with van der Waals surface area (Å²) >= 11 is 0. The number of rotatable bonds is 5. The molecule has 0 fully saturated rings. The van der Waals surface area contributed by atoms with Gasteiger partial charge < -0.3 is 10.4 Å². The zero-order valence-corrected chi connectivity index (χ0v) is 12.3. The summed E-state index contributed by atoms with van der Waals surface area (Å²) in [4.78, 5) is 0. The topological polar surface area (TPSA) is 32.3 Å². The summed E-state index contributed by atoms with van der Waals surface area (Å²) in [6.45, 7) is 11.9. The van der Waals surface area contributed by atoms with Crippen LogP contribution >= 0.6 is 0 Å². The standard InChI is InChI=1S/C16H27NO/c1-12(2)15(11-18)17-10-13-6-8-14(9-7-13)16(3,4)5/h6-9,12,15,17-18H,10-11H2,1-5H3/t15-/m1/s1. The lowest BCUT2D eigenvalue weighted by Crippen LogP contribution is -2.36. The second-order valence-corrected chi connectivity index (χ2v) is 6.36. The Kier molecular flexibility index (Phi) is 5.36. The van der Waals surface area contributed by atoms with E-state index < -0.39 is 0 Å². The van der Waals surface area contributed by atoms with Crippen LogP contribution in [-0.2, 0) is 12.0 Å². The average Bonchev–Trinajstić information content (AvgIpc) is 2.29. The average molecular weight is 249 g/mol. The monoisotopic (exact) mass is 249 g/mol. The van der Waals surface area contributed by atoms with Crippen LogP contribution in [0.5, 0.6) is 0 Å². The van der Waals surface area contributed by atoms with Crippen molar-refractivity contribution < 1.29 is 5.11 Å². The highest BCUT2D eigenvalue weighted by molar-refractivity contribution is 5.27. The molecule has 0 radical (unpaired) electrons. The Morgan fingerprint density at radius 1 is 1.11 bits per heavy atom. The van der Waals surface area contributed by atoms with Crippen molar-refractivity contribution in [2.45, 2.75) is 52.6 Å². The van der Waals surface area contributed by atoms with Crippen molar-refractivity contribution in [1.82, 2.24) is 5.32 Å². The minimum absolute atomic E-state index is 0.173. The Bertz CT molecular complexity index is 348. The van der Waals surface area contributed by atoms with Crippen LogP contribution in [0.25, 0.3) is 0 Å². The summed E-state index contributed by atoms with van der Waals surface area (Å²) < 4.78 is 0. The van der Waals surface area contributed by atoms with Crippen LogP contribution in [0.3, 0.4) is 0 Å². The molecule has 0 saturated heterocycles. The predicted molar refractivity (Wildman–Crippen MR) is 77.7 cm³/mol. The second-order valence-electron chi connectivity index (χ2n) is 6.36. The molecule has 0 aliphatic rings. The summed E-state index contributed by atoms with van der Waals surface area (Å²) in [6, 6.07) is 8.90. The van der Waals surface area contributed by atoms with E-state index >= 15 is 0 Å². The molecule has 0 aliphatic carbocycles. The first kappa shape index (κ1) is 15.2. The third kappa shape index (κ3) is 4.43. The molecule has 0 aliphatic heterocycles. The number of aliphatic hydroxyl groups is 1. The highest BCUT2D eigenvalue weighted by atomic mass is 16.3. The fourth-order valence-electron chi connectivity index (χ4n) is 1.88.